The molecule has 0 atom stereocenters. The van der Waals surface area contributed by atoms with Crippen molar-refractivity contribution >= 4 is 49.0 Å². The van der Waals surface area contributed by atoms with Crippen LogP contribution in [0.4, 0.5) is 13.2 Å². The van der Waals surface area contributed by atoms with Crippen molar-refractivity contribution in [2.45, 2.75) is 26.1 Å². The summed E-state index contributed by atoms with van der Waals surface area (Å²) in [5.74, 6) is 0.871. The molecule has 0 amide bonds. The molecule has 0 unspecified atom stereocenters. The second-order valence-corrected chi connectivity index (χ2v) is 9.77. The third-order valence-electron chi connectivity index (χ3n) is 5.24. The highest BCUT2D eigenvalue weighted by atomic mass is 79.9. The summed E-state index contributed by atoms with van der Waals surface area (Å²) < 4.78 is 53.7. The van der Waals surface area contributed by atoms with Crippen molar-refractivity contribution in [1.82, 2.24) is 9.66 Å². The van der Waals surface area contributed by atoms with E-state index in [0.29, 0.717) is 31.5 Å². The maximum atomic E-state index is 13.4. The molecule has 0 aliphatic rings. The molecule has 4 aromatic rings. The molecule has 0 aliphatic heterocycles. The molecule has 0 saturated carbocycles. The van der Waals surface area contributed by atoms with E-state index in [0.717, 1.165) is 16.8 Å². The summed E-state index contributed by atoms with van der Waals surface area (Å²) in [4.78, 5) is 17.9. The van der Waals surface area contributed by atoms with E-state index >= 15 is 0 Å². The van der Waals surface area contributed by atoms with Gasteiger partial charge in [0.2, 0.25) is 0 Å². The van der Waals surface area contributed by atoms with Crippen LogP contribution in [0.3, 0.4) is 0 Å². The molecule has 0 fully saturated rings. The van der Waals surface area contributed by atoms with Crippen LogP contribution in [-0.4, -0.2) is 29.1 Å². The first-order valence-corrected chi connectivity index (χ1v) is 12.6. The summed E-state index contributed by atoms with van der Waals surface area (Å²) in [6.45, 7) is 3.76. The molecule has 0 bridgehead atoms. The van der Waals surface area contributed by atoms with Gasteiger partial charge in [-0.1, -0.05) is 24.3 Å². The normalized spacial score (nSPS) is 12.0. The van der Waals surface area contributed by atoms with E-state index in [1.807, 2.05) is 13.8 Å². The van der Waals surface area contributed by atoms with E-state index in [-0.39, 0.29) is 22.9 Å². The lowest BCUT2D eigenvalue weighted by Gasteiger charge is -2.17. The zero-order valence-electron chi connectivity index (χ0n) is 19.8. The van der Waals surface area contributed by atoms with Crippen molar-refractivity contribution in [2.75, 3.05) is 7.11 Å². The summed E-state index contributed by atoms with van der Waals surface area (Å²) in [5.41, 5.74) is -0.438. The van der Waals surface area contributed by atoms with Gasteiger partial charge in [0, 0.05) is 15.6 Å². The van der Waals surface area contributed by atoms with Gasteiger partial charge in [-0.05, 0) is 76.0 Å². The van der Waals surface area contributed by atoms with E-state index in [4.69, 9.17) is 9.47 Å². The molecule has 3 aromatic carbocycles. The number of fused-ring (bicyclic) bond motifs is 1. The number of aromatic nitrogens is 2. The fourth-order valence-corrected chi connectivity index (χ4v) is 4.48. The van der Waals surface area contributed by atoms with Crippen LogP contribution >= 0.6 is 31.9 Å². The number of benzene rings is 3. The van der Waals surface area contributed by atoms with Gasteiger partial charge in [-0.15, -0.1) is 0 Å². The first-order chi connectivity index (χ1) is 17.5. The number of halogens is 5. The fourth-order valence-electron chi connectivity index (χ4n) is 3.57. The van der Waals surface area contributed by atoms with Crippen LogP contribution in [-0.2, 0) is 6.18 Å². The number of hydrogen-bond acceptors (Lipinski definition) is 5. The lowest BCUT2D eigenvalue weighted by molar-refractivity contribution is -0.137. The number of methoxy groups -OCH3 is 1. The molecule has 192 valence electrons. The molecular weight excluding hydrogens is 619 g/mol. The van der Waals surface area contributed by atoms with Crippen LogP contribution in [0.1, 0.15) is 25.0 Å². The quantitative estimate of drug-likeness (QED) is 0.208. The van der Waals surface area contributed by atoms with Gasteiger partial charge in [-0.3, -0.25) is 4.79 Å². The van der Waals surface area contributed by atoms with Gasteiger partial charge in [0.1, 0.15) is 0 Å². The molecule has 0 spiro atoms. The number of para-hydroxylation sites is 1. The lowest BCUT2D eigenvalue weighted by atomic mass is 10.1. The molecule has 4 rings (SSSR count). The standard InChI is InChI=1S/C26H20Br2F3N3O3/c1-14(2)37-23-20(36-3)12-16(21(27)22(23)28)13-32-34-24(15-7-6-8-17(11-15)26(29,30)31)33-19-10-5-4-9-18(19)25(34)35/h4-14H,1-3H3. The molecule has 11 heteroatoms. The van der Waals surface area contributed by atoms with Gasteiger partial charge in [-0.2, -0.15) is 22.9 Å². The Morgan fingerprint density at radius 3 is 2.46 bits per heavy atom. The Balaban J connectivity index is 1.92. The molecule has 6 nitrogen and oxygen atoms in total. The zero-order valence-corrected chi connectivity index (χ0v) is 23.0. The van der Waals surface area contributed by atoms with Crippen LogP contribution in [0.25, 0.3) is 22.3 Å². The Hall–Kier alpha value is -3.18. The number of hydrogen-bond donors (Lipinski definition) is 0. The second kappa shape index (κ2) is 10.7. The highest BCUT2D eigenvalue weighted by Crippen LogP contribution is 2.42. The highest BCUT2D eigenvalue weighted by molar-refractivity contribution is 9.13. The van der Waals surface area contributed by atoms with Crippen LogP contribution in [0.2, 0.25) is 0 Å². The predicted molar refractivity (Wildman–Crippen MR) is 144 cm³/mol. The van der Waals surface area contributed by atoms with E-state index < -0.39 is 17.3 Å². The minimum absolute atomic E-state index is 0.0343. The molecule has 0 saturated heterocycles. The van der Waals surface area contributed by atoms with Gasteiger partial charge in [0.05, 0.1) is 40.4 Å². The lowest BCUT2D eigenvalue weighted by Crippen LogP contribution is -2.20. The van der Waals surface area contributed by atoms with Crippen LogP contribution in [0.15, 0.2) is 73.4 Å². The van der Waals surface area contributed by atoms with Gasteiger partial charge < -0.3 is 9.47 Å². The first-order valence-electron chi connectivity index (χ1n) is 11.0. The largest absolute Gasteiger partial charge is 0.493 e. The maximum Gasteiger partial charge on any atom is 0.416 e. The van der Waals surface area contributed by atoms with Crippen LogP contribution < -0.4 is 15.0 Å². The predicted octanol–water partition coefficient (Wildman–Crippen LogP) is 7.29. The van der Waals surface area contributed by atoms with Crippen LogP contribution in [0, 0.1) is 0 Å². The fraction of sp³-hybridized carbons (Fsp3) is 0.192. The van der Waals surface area contributed by atoms with Crippen LogP contribution in [0.5, 0.6) is 11.5 Å². The number of rotatable bonds is 6. The minimum Gasteiger partial charge on any atom is -0.493 e. The van der Waals surface area contributed by atoms with Gasteiger partial charge in [0.15, 0.2) is 17.3 Å². The maximum absolute atomic E-state index is 13.4. The zero-order chi connectivity index (χ0) is 26.9. The summed E-state index contributed by atoms with van der Waals surface area (Å²) in [5, 5.41) is 4.62. The van der Waals surface area contributed by atoms with Gasteiger partial charge in [-0.25, -0.2) is 4.98 Å². The number of alkyl halides is 3. The van der Waals surface area contributed by atoms with Gasteiger partial charge in [0.25, 0.3) is 5.56 Å². The third kappa shape index (κ3) is 5.57. The van der Waals surface area contributed by atoms with E-state index in [2.05, 4.69) is 41.9 Å². The Morgan fingerprint density at radius 1 is 1.05 bits per heavy atom. The average molecular weight is 639 g/mol. The van der Waals surface area contributed by atoms with Gasteiger partial charge >= 0.3 is 6.18 Å². The monoisotopic (exact) mass is 637 g/mol. The Kier molecular flexibility index (Phi) is 7.75. The number of nitrogens with zero attached hydrogens (tertiary/aromatic N) is 3. The third-order valence-corrected chi connectivity index (χ3v) is 7.39. The molecule has 0 N–H and O–H groups in total. The second-order valence-electron chi connectivity index (χ2n) is 8.18. The minimum atomic E-state index is -4.56. The average Bonchev–Trinajstić information content (AvgIpc) is 2.86. The molecule has 1 aromatic heterocycles. The summed E-state index contributed by atoms with van der Waals surface area (Å²) in [7, 11) is 1.49. The molecule has 37 heavy (non-hydrogen) atoms. The van der Waals surface area contributed by atoms with E-state index in [1.54, 1.807) is 30.3 Å². The van der Waals surface area contributed by atoms with Crippen molar-refractivity contribution < 1.29 is 22.6 Å². The first kappa shape index (κ1) is 26.9. The van der Waals surface area contributed by atoms with E-state index in [1.165, 1.54) is 25.5 Å². The van der Waals surface area contributed by atoms with Crippen molar-refractivity contribution in [3.63, 3.8) is 0 Å². The van der Waals surface area contributed by atoms with Crippen molar-refractivity contribution in [2.24, 2.45) is 5.10 Å². The molecule has 1 heterocycles. The molecule has 0 radical (unpaired) electrons. The van der Waals surface area contributed by atoms with Crippen molar-refractivity contribution in [1.29, 1.82) is 0 Å². The highest BCUT2D eigenvalue weighted by Gasteiger charge is 2.31. The molecule has 0 aliphatic carbocycles. The summed E-state index contributed by atoms with van der Waals surface area (Å²) in [6.07, 6.45) is -3.28. The smallest absolute Gasteiger partial charge is 0.416 e. The SMILES string of the molecule is COc1cc(C=Nn2c(-c3cccc(C(F)(F)F)c3)nc3ccccc3c2=O)c(Br)c(Br)c1OC(C)C. The van der Waals surface area contributed by atoms with E-state index in [9.17, 15) is 18.0 Å². The summed E-state index contributed by atoms with van der Waals surface area (Å²) in [6, 6.07) is 12.8. The Morgan fingerprint density at radius 2 is 1.78 bits per heavy atom. The Labute approximate surface area is 227 Å². The van der Waals surface area contributed by atoms with Crippen molar-refractivity contribution in [3.8, 4) is 22.9 Å². The molecular formula is C26H20Br2F3N3O3. The topological polar surface area (TPSA) is 65.7 Å². The Bertz CT molecular complexity index is 1570. The van der Waals surface area contributed by atoms with Crippen molar-refractivity contribution in [3.05, 3.63) is 85.0 Å². The number of ether oxygens (including phenoxy) is 2. The summed E-state index contributed by atoms with van der Waals surface area (Å²) >= 11 is 7.01.